The van der Waals surface area contributed by atoms with Crippen molar-refractivity contribution in [1.82, 2.24) is 0 Å². The Kier molecular flexibility index (Phi) is 4.90. The fourth-order valence-electron chi connectivity index (χ4n) is 4.18. The van der Waals surface area contributed by atoms with E-state index in [4.69, 9.17) is 0 Å². The third-order valence-corrected chi connectivity index (χ3v) is 5.34. The van der Waals surface area contributed by atoms with Crippen LogP contribution < -0.4 is 0 Å². The molecular weight excluding hydrogens is 244 g/mol. The molecular formula is C19H30O. The Hall–Kier alpha value is -0.820. The van der Waals surface area contributed by atoms with Crippen molar-refractivity contribution in [3.63, 3.8) is 0 Å². The summed E-state index contributed by atoms with van der Waals surface area (Å²) in [5.74, 6) is 3.16. The van der Waals surface area contributed by atoms with E-state index in [1.807, 2.05) is 0 Å². The van der Waals surface area contributed by atoms with E-state index in [0.29, 0.717) is 35.5 Å². The molecule has 0 aromatic carbocycles. The second-order valence-electron chi connectivity index (χ2n) is 7.25. The highest BCUT2D eigenvalue weighted by atomic mass is 16.3. The lowest BCUT2D eigenvalue weighted by Gasteiger charge is -2.48. The molecule has 0 aliphatic heterocycles. The van der Waals surface area contributed by atoms with Crippen molar-refractivity contribution in [2.24, 2.45) is 35.5 Å². The lowest BCUT2D eigenvalue weighted by atomic mass is 9.58. The minimum absolute atomic E-state index is 0.144. The topological polar surface area (TPSA) is 20.2 Å². The molecule has 20 heavy (non-hydrogen) atoms. The second kappa shape index (κ2) is 6.30. The fourth-order valence-corrected chi connectivity index (χ4v) is 4.18. The standard InChI is InChI=1S/C19H30O/c1-12(2)7-6-8-17-13(3)9-10-16-11-14(4)19(20)15(5)18(16)17/h6-10,13-20H,11H2,1-5H3/b8-6+/t13-,14+,15-,16-,17-,18-,19-/m0/s1. The van der Waals surface area contributed by atoms with Crippen molar-refractivity contribution in [2.75, 3.05) is 0 Å². The van der Waals surface area contributed by atoms with Gasteiger partial charge < -0.3 is 5.11 Å². The van der Waals surface area contributed by atoms with Crippen LogP contribution >= 0.6 is 0 Å². The predicted molar refractivity (Wildman–Crippen MR) is 86.3 cm³/mol. The first-order valence-electron chi connectivity index (χ1n) is 8.10. The normalized spacial score (nSPS) is 44.4. The van der Waals surface area contributed by atoms with Crippen LogP contribution in [0.4, 0.5) is 0 Å². The Morgan fingerprint density at radius 1 is 1.15 bits per heavy atom. The van der Waals surface area contributed by atoms with E-state index in [9.17, 15) is 5.11 Å². The van der Waals surface area contributed by atoms with Crippen LogP contribution in [-0.2, 0) is 0 Å². The zero-order chi connectivity index (χ0) is 14.9. The Labute approximate surface area is 124 Å². The smallest absolute Gasteiger partial charge is 0.0594 e. The van der Waals surface area contributed by atoms with Crippen LogP contribution in [0.1, 0.15) is 41.0 Å². The molecule has 112 valence electrons. The lowest BCUT2D eigenvalue weighted by Crippen LogP contribution is -2.46. The van der Waals surface area contributed by atoms with E-state index in [2.05, 4.69) is 65.0 Å². The average molecular weight is 274 g/mol. The van der Waals surface area contributed by atoms with E-state index in [1.165, 1.54) is 5.57 Å². The SMILES string of the molecule is CC(C)=C/C=C/[C@@H]1[C@H]2[C@H](C)[C@@H](O)[C@H](C)C[C@@H]2C=C[C@@H]1C. The van der Waals surface area contributed by atoms with Gasteiger partial charge >= 0.3 is 0 Å². The van der Waals surface area contributed by atoms with Crippen molar-refractivity contribution in [1.29, 1.82) is 0 Å². The summed E-state index contributed by atoms with van der Waals surface area (Å²) >= 11 is 0. The molecule has 0 unspecified atom stereocenters. The summed E-state index contributed by atoms with van der Waals surface area (Å²) < 4.78 is 0. The highest BCUT2D eigenvalue weighted by Crippen LogP contribution is 2.48. The van der Waals surface area contributed by atoms with Crippen LogP contribution in [0.15, 0.2) is 36.0 Å². The molecule has 7 atom stereocenters. The molecule has 0 heterocycles. The maximum atomic E-state index is 10.4. The average Bonchev–Trinajstić information content (AvgIpc) is 2.38. The zero-order valence-electron chi connectivity index (χ0n) is 13.6. The number of aliphatic hydroxyl groups excluding tert-OH is 1. The predicted octanol–water partition coefficient (Wildman–Crippen LogP) is 4.60. The summed E-state index contributed by atoms with van der Waals surface area (Å²) in [7, 11) is 0. The highest BCUT2D eigenvalue weighted by molar-refractivity contribution is 5.16. The molecule has 2 aliphatic carbocycles. The number of allylic oxidation sites excluding steroid dienone is 6. The van der Waals surface area contributed by atoms with E-state index >= 15 is 0 Å². The van der Waals surface area contributed by atoms with Gasteiger partial charge in [-0.05, 0) is 55.8 Å². The van der Waals surface area contributed by atoms with Crippen LogP contribution in [0.5, 0.6) is 0 Å². The molecule has 0 saturated heterocycles. The first kappa shape index (κ1) is 15.6. The van der Waals surface area contributed by atoms with Gasteiger partial charge in [-0.15, -0.1) is 0 Å². The Morgan fingerprint density at radius 2 is 1.85 bits per heavy atom. The molecule has 2 aliphatic rings. The van der Waals surface area contributed by atoms with E-state index in [0.717, 1.165) is 6.42 Å². The minimum Gasteiger partial charge on any atom is -0.393 e. The van der Waals surface area contributed by atoms with Gasteiger partial charge in [-0.2, -0.15) is 0 Å². The molecule has 1 heteroatoms. The number of hydrogen-bond acceptors (Lipinski definition) is 1. The maximum absolute atomic E-state index is 10.4. The summed E-state index contributed by atoms with van der Waals surface area (Å²) in [4.78, 5) is 0. The monoisotopic (exact) mass is 274 g/mol. The zero-order valence-corrected chi connectivity index (χ0v) is 13.6. The fraction of sp³-hybridized carbons (Fsp3) is 0.684. The van der Waals surface area contributed by atoms with Crippen LogP contribution in [0, 0.1) is 35.5 Å². The van der Waals surface area contributed by atoms with E-state index in [1.54, 1.807) is 0 Å². The Morgan fingerprint density at radius 3 is 2.50 bits per heavy atom. The van der Waals surface area contributed by atoms with Crippen molar-refractivity contribution in [2.45, 2.75) is 47.1 Å². The first-order valence-corrected chi connectivity index (χ1v) is 8.10. The summed E-state index contributed by atoms with van der Waals surface area (Å²) in [6.45, 7) is 11.0. The lowest BCUT2D eigenvalue weighted by molar-refractivity contribution is -0.0389. The Balaban J connectivity index is 2.24. The van der Waals surface area contributed by atoms with Gasteiger partial charge in [0, 0.05) is 0 Å². The molecule has 0 bridgehead atoms. The molecule has 1 nitrogen and oxygen atoms in total. The molecule has 0 amide bonds. The summed E-state index contributed by atoms with van der Waals surface area (Å²) in [6, 6.07) is 0. The molecule has 1 fully saturated rings. The van der Waals surface area contributed by atoms with Crippen LogP contribution in [0.25, 0.3) is 0 Å². The van der Waals surface area contributed by atoms with Crippen molar-refractivity contribution >= 4 is 0 Å². The van der Waals surface area contributed by atoms with Gasteiger partial charge in [0.05, 0.1) is 6.10 Å². The second-order valence-corrected chi connectivity index (χ2v) is 7.25. The van der Waals surface area contributed by atoms with Gasteiger partial charge in [0.25, 0.3) is 0 Å². The number of fused-ring (bicyclic) bond motifs is 1. The summed E-state index contributed by atoms with van der Waals surface area (Å²) in [5, 5.41) is 10.4. The van der Waals surface area contributed by atoms with Crippen LogP contribution in [0.3, 0.4) is 0 Å². The van der Waals surface area contributed by atoms with Crippen molar-refractivity contribution < 1.29 is 5.11 Å². The highest BCUT2D eigenvalue weighted by Gasteiger charge is 2.44. The van der Waals surface area contributed by atoms with Crippen LogP contribution in [0.2, 0.25) is 0 Å². The third-order valence-electron chi connectivity index (χ3n) is 5.34. The number of aliphatic hydroxyl groups is 1. The van der Waals surface area contributed by atoms with Gasteiger partial charge in [-0.25, -0.2) is 0 Å². The van der Waals surface area contributed by atoms with Gasteiger partial charge in [-0.1, -0.05) is 56.7 Å². The van der Waals surface area contributed by atoms with E-state index < -0.39 is 0 Å². The maximum Gasteiger partial charge on any atom is 0.0594 e. The van der Waals surface area contributed by atoms with Gasteiger partial charge in [-0.3, -0.25) is 0 Å². The molecule has 0 radical (unpaired) electrons. The van der Waals surface area contributed by atoms with Crippen molar-refractivity contribution in [3.05, 3.63) is 36.0 Å². The van der Waals surface area contributed by atoms with E-state index in [-0.39, 0.29) is 6.10 Å². The molecule has 0 aromatic heterocycles. The quantitative estimate of drug-likeness (QED) is 0.576. The van der Waals surface area contributed by atoms with Gasteiger partial charge in [0.2, 0.25) is 0 Å². The molecule has 2 rings (SSSR count). The van der Waals surface area contributed by atoms with Crippen LogP contribution in [-0.4, -0.2) is 11.2 Å². The third kappa shape index (κ3) is 3.09. The molecule has 1 N–H and O–H groups in total. The first-order chi connectivity index (χ1) is 9.41. The summed E-state index contributed by atoms with van der Waals surface area (Å²) in [6.07, 6.45) is 12.6. The molecule has 1 saturated carbocycles. The molecule has 0 spiro atoms. The number of hydrogen-bond donors (Lipinski definition) is 1. The number of rotatable bonds is 2. The summed E-state index contributed by atoms with van der Waals surface area (Å²) in [5.41, 5.74) is 1.34. The van der Waals surface area contributed by atoms with Gasteiger partial charge in [0.15, 0.2) is 0 Å². The van der Waals surface area contributed by atoms with Gasteiger partial charge in [0.1, 0.15) is 0 Å². The molecule has 0 aromatic rings. The largest absolute Gasteiger partial charge is 0.393 e. The Bertz CT molecular complexity index is 413. The van der Waals surface area contributed by atoms with Crippen molar-refractivity contribution in [3.8, 4) is 0 Å². The minimum atomic E-state index is -0.144.